The number of aliphatic imine (C=N–C) groups is 4. The molecule has 0 fully saturated rings. The van der Waals surface area contributed by atoms with Crippen LogP contribution in [0.2, 0.25) is 0 Å². The van der Waals surface area contributed by atoms with Crippen molar-refractivity contribution >= 4 is 45.1 Å². The second kappa shape index (κ2) is 14.5. The fourth-order valence-electron chi connectivity index (χ4n) is 7.30. The number of fused-ring (bicyclic) bond motifs is 4. The highest BCUT2D eigenvalue weighted by atomic mass is 16.5. The normalized spacial score (nSPS) is 16.8. The third kappa shape index (κ3) is 6.27. The molecular formula is C48H36N4O4. The highest BCUT2D eigenvalue weighted by molar-refractivity contribution is 6.39. The predicted octanol–water partition coefficient (Wildman–Crippen LogP) is 9.72. The minimum absolute atomic E-state index is 0.766. The highest BCUT2D eigenvalue weighted by Crippen LogP contribution is 2.39. The second-order valence-electron chi connectivity index (χ2n) is 13.3. The topological polar surface area (TPSA) is 86.4 Å². The van der Waals surface area contributed by atoms with Crippen LogP contribution in [0.5, 0.6) is 23.0 Å². The number of hydrogen-bond donors (Lipinski definition) is 0. The van der Waals surface area contributed by atoms with E-state index >= 15 is 0 Å². The van der Waals surface area contributed by atoms with Gasteiger partial charge in [-0.1, -0.05) is 48.5 Å². The Morgan fingerprint density at radius 2 is 0.464 bits per heavy atom. The summed E-state index contributed by atoms with van der Waals surface area (Å²) in [5.41, 5.74) is 13.7. The van der Waals surface area contributed by atoms with Crippen LogP contribution in [0.4, 0.5) is 0 Å². The molecule has 0 aromatic heterocycles. The minimum Gasteiger partial charge on any atom is -0.497 e. The van der Waals surface area contributed by atoms with Crippen LogP contribution in [0, 0.1) is 0 Å². The van der Waals surface area contributed by atoms with Gasteiger partial charge in [0, 0.05) is 22.3 Å². The van der Waals surface area contributed by atoms with E-state index in [0.29, 0.717) is 0 Å². The Morgan fingerprint density at radius 1 is 0.268 bits per heavy atom. The summed E-state index contributed by atoms with van der Waals surface area (Å²) in [4.78, 5) is 21.4. The van der Waals surface area contributed by atoms with E-state index < -0.39 is 0 Å². The third-order valence-corrected chi connectivity index (χ3v) is 10.1. The standard InChI is InChI=1S/C48H36N4O4/c1-53-33-13-5-29(6-14-33)45-37-21-23-39(49-37)46(30-7-15-34(54-2)16-8-30)41-25-27-43(51-41)48(32-11-19-36(56-4)20-12-32)44-28-26-42(52-44)47(40-24-22-38(45)50-40)31-9-17-35(55-3)18-10-31/h5-28H,1-4H3. The van der Waals surface area contributed by atoms with Crippen LogP contribution in [0.3, 0.4) is 0 Å². The van der Waals surface area contributed by atoms with Gasteiger partial charge in [0.25, 0.3) is 0 Å². The lowest BCUT2D eigenvalue weighted by molar-refractivity contribution is 0.414. The first-order valence-corrected chi connectivity index (χ1v) is 18.2. The highest BCUT2D eigenvalue weighted by Gasteiger charge is 2.27. The number of allylic oxidation sites excluding steroid dienone is 12. The van der Waals surface area contributed by atoms with Crippen LogP contribution in [0.1, 0.15) is 22.3 Å². The minimum atomic E-state index is 0.766. The van der Waals surface area contributed by atoms with Gasteiger partial charge in [0.2, 0.25) is 0 Å². The van der Waals surface area contributed by atoms with Crippen LogP contribution in [-0.2, 0) is 0 Å². The number of methoxy groups -OCH3 is 4. The summed E-state index contributed by atoms with van der Waals surface area (Å²) in [6.07, 6.45) is 16.5. The summed E-state index contributed by atoms with van der Waals surface area (Å²) in [5, 5.41) is 0. The van der Waals surface area contributed by atoms with Crippen LogP contribution in [0.15, 0.2) is 188 Å². The van der Waals surface area contributed by atoms with E-state index in [2.05, 4.69) is 48.6 Å². The molecule has 5 heterocycles. The first kappa shape index (κ1) is 34.4. The number of hydrogen-bond acceptors (Lipinski definition) is 8. The van der Waals surface area contributed by atoms with Crippen molar-refractivity contribution in [2.45, 2.75) is 0 Å². The molecule has 0 unspecified atom stereocenters. The second-order valence-corrected chi connectivity index (χ2v) is 13.3. The summed E-state index contributed by atoms with van der Waals surface area (Å²) < 4.78 is 22.1. The van der Waals surface area contributed by atoms with E-state index in [-0.39, 0.29) is 0 Å². The van der Waals surface area contributed by atoms with E-state index in [4.69, 9.17) is 38.9 Å². The molecule has 5 aliphatic heterocycles. The van der Waals surface area contributed by atoms with Gasteiger partial charge < -0.3 is 18.9 Å². The molecule has 0 saturated heterocycles. The molecule has 9 rings (SSSR count). The Labute approximate surface area is 325 Å². The van der Waals surface area contributed by atoms with E-state index in [0.717, 1.165) is 113 Å². The number of benzene rings is 4. The molecule has 0 amide bonds. The fraction of sp³-hybridized carbons (Fsp3) is 0.0833. The van der Waals surface area contributed by atoms with Crippen molar-refractivity contribution in [1.82, 2.24) is 0 Å². The third-order valence-electron chi connectivity index (χ3n) is 10.1. The van der Waals surface area contributed by atoms with Crippen LogP contribution in [0.25, 0.3) is 22.3 Å². The molecule has 0 radical (unpaired) electrons. The summed E-state index contributed by atoms with van der Waals surface area (Å²) in [5.74, 6) is 3.06. The molecule has 5 aliphatic rings. The molecule has 0 atom stereocenters. The Balaban J connectivity index is 1.34. The molecule has 4 aromatic rings. The average Bonchev–Trinajstić information content (AvgIpc) is 4.10. The fourth-order valence-corrected chi connectivity index (χ4v) is 7.30. The van der Waals surface area contributed by atoms with Crippen molar-refractivity contribution in [3.8, 4) is 23.0 Å². The molecule has 0 aliphatic carbocycles. The van der Waals surface area contributed by atoms with Gasteiger partial charge in [-0.3, -0.25) is 0 Å². The smallest absolute Gasteiger partial charge is 0.118 e. The van der Waals surface area contributed by atoms with Gasteiger partial charge in [-0.15, -0.1) is 0 Å². The van der Waals surface area contributed by atoms with Gasteiger partial charge >= 0.3 is 0 Å². The molecule has 0 saturated carbocycles. The van der Waals surface area contributed by atoms with Crippen molar-refractivity contribution in [2.75, 3.05) is 28.4 Å². The zero-order valence-corrected chi connectivity index (χ0v) is 31.3. The van der Waals surface area contributed by atoms with Gasteiger partial charge in [0.1, 0.15) is 23.0 Å². The Hall–Kier alpha value is -7.32. The maximum atomic E-state index is 5.52. The molecule has 0 spiro atoms. The molecular weight excluding hydrogens is 697 g/mol. The molecule has 4 aromatic carbocycles. The quantitative estimate of drug-likeness (QED) is 0.181. The largest absolute Gasteiger partial charge is 0.497 e. The lowest BCUT2D eigenvalue weighted by Gasteiger charge is -2.13. The summed E-state index contributed by atoms with van der Waals surface area (Å²) in [6, 6.07) is 32.0. The zero-order chi connectivity index (χ0) is 38.2. The summed E-state index contributed by atoms with van der Waals surface area (Å²) in [6.45, 7) is 0. The molecule has 272 valence electrons. The van der Waals surface area contributed by atoms with Gasteiger partial charge in [0.05, 0.1) is 74.1 Å². The van der Waals surface area contributed by atoms with Crippen molar-refractivity contribution in [1.29, 1.82) is 0 Å². The molecule has 8 bridgehead atoms. The predicted molar refractivity (Wildman–Crippen MR) is 226 cm³/mol. The molecule has 8 heteroatoms. The maximum absolute atomic E-state index is 5.52. The lowest BCUT2D eigenvalue weighted by atomic mass is 9.98. The van der Waals surface area contributed by atoms with E-state index in [9.17, 15) is 0 Å². The van der Waals surface area contributed by atoms with E-state index in [1.165, 1.54) is 0 Å². The van der Waals surface area contributed by atoms with Crippen LogP contribution in [-0.4, -0.2) is 51.3 Å². The number of nitrogens with zero attached hydrogens (tertiary/aromatic N) is 4. The maximum Gasteiger partial charge on any atom is 0.118 e. The number of rotatable bonds is 8. The van der Waals surface area contributed by atoms with Gasteiger partial charge in [-0.25, -0.2) is 20.0 Å². The van der Waals surface area contributed by atoms with Crippen LogP contribution >= 0.6 is 0 Å². The molecule has 56 heavy (non-hydrogen) atoms. The van der Waals surface area contributed by atoms with Gasteiger partial charge in [-0.05, 0) is 119 Å². The van der Waals surface area contributed by atoms with Crippen molar-refractivity contribution < 1.29 is 18.9 Å². The summed E-state index contributed by atoms with van der Waals surface area (Å²) >= 11 is 0. The van der Waals surface area contributed by atoms with Crippen molar-refractivity contribution in [3.63, 3.8) is 0 Å². The summed E-state index contributed by atoms with van der Waals surface area (Å²) in [7, 11) is 6.67. The Kier molecular flexibility index (Phi) is 8.91. The average molecular weight is 733 g/mol. The van der Waals surface area contributed by atoms with Crippen LogP contribution < -0.4 is 18.9 Å². The first-order chi connectivity index (χ1) is 27.5. The zero-order valence-electron chi connectivity index (χ0n) is 31.3. The Morgan fingerprint density at radius 3 is 0.643 bits per heavy atom. The number of ether oxygens (including phenoxy) is 4. The van der Waals surface area contributed by atoms with E-state index in [1.807, 2.05) is 97.1 Å². The van der Waals surface area contributed by atoms with E-state index in [1.54, 1.807) is 28.4 Å². The van der Waals surface area contributed by atoms with Crippen molar-refractivity contribution in [2.24, 2.45) is 20.0 Å². The van der Waals surface area contributed by atoms with Gasteiger partial charge in [-0.2, -0.15) is 0 Å². The monoisotopic (exact) mass is 732 g/mol. The Bertz CT molecular complexity index is 2280. The molecule has 0 N–H and O–H groups in total. The first-order valence-electron chi connectivity index (χ1n) is 18.2. The lowest BCUT2D eigenvalue weighted by Crippen LogP contribution is -2.04. The SMILES string of the molecule is COc1ccc(C2=C3C=CC(=N3)C(c3ccc(OC)cc3)=C3C=CC(=N3)C(c3ccc(OC)cc3)=C3C=CC(=N3)C(c3ccc(OC)cc3)=C3C=CC2=N3)cc1. The van der Waals surface area contributed by atoms with Crippen molar-refractivity contribution in [3.05, 3.63) is 191 Å². The molecule has 8 nitrogen and oxygen atoms in total. The van der Waals surface area contributed by atoms with Gasteiger partial charge in [0.15, 0.2) is 0 Å².